The molecule has 0 fully saturated rings. The first-order valence-corrected chi connectivity index (χ1v) is 17.3. The molecule has 0 spiro atoms. The molecule has 0 heterocycles. The third kappa shape index (κ3) is 5.36. The molecule has 0 saturated heterocycles. The van der Waals surface area contributed by atoms with Gasteiger partial charge in [-0.25, -0.2) is 0 Å². The van der Waals surface area contributed by atoms with E-state index in [1.54, 1.807) is 0 Å². The zero-order valence-corrected chi connectivity index (χ0v) is 28.7. The molecule has 7 aromatic rings. The molecular formula is C48H41N. The molecule has 1 nitrogen and oxygen atoms in total. The standard InChI is InChI=1S/C48H41N/c1-47(2)45-27-12-11-26-43(45)44-29-28-39(33-46(44)48(47,3)4)38-21-15-25-42(32-38)49(40-22-9-6-10-23-40)41-24-14-20-37(31-41)36-19-13-18-35(30-36)34-16-7-5-8-17-34/h5-33H,1-4H3. The summed E-state index contributed by atoms with van der Waals surface area (Å²) in [6, 6.07) is 64.1. The fourth-order valence-electron chi connectivity index (χ4n) is 7.59. The maximum Gasteiger partial charge on any atom is 0.0467 e. The van der Waals surface area contributed by atoms with Crippen LogP contribution in [0.25, 0.3) is 44.5 Å². The summed E-state index contributed by atoms with van der Waals surface area (Å²) in [7, 11) is 0. The van der Waals surface area contributed by atoms with Gasteiger partial charge in [-0.2, -0.15) is 0 Å². The maximum atomic E-state index is 2.44. The average molecular weight is 632 g/mol. The van der Waals surface area contributed by atoms with Gasteiger partial charge in [-0.15, -0.1) is 0 Å². The SMILES string of the molecule is CC1(C)c2ccccc2-c2ccc(-c3cccc(N(c4ccccc4)c4cccc(-c5cccc(-c6ccccc6)c5)c4)c3)cc2C1(C)C. The van der Waals surface area contributed by atoms with Gasteiger partial charge in [-0.1, -0.05) is 155 Å². The Labute approximate surface area is 291 Å². The van der Waals surface area contributed by atoms with Crippen molar-refractivity contribution in [1.82, 2.24) is 0 Å². The molecule has 1 aliphatic rings. The third-order valence-corrected chi connectivity index (χ3v) is 11.0. The molecule has 0 aliphatic heterocycles. The second-order valence-electron chi connectivity index (χ2n) is 14.3. The zero-order chi connectivity index (χ0) is 33.6. The lowest BCUT2D eigenvalue weighted by Crippen LogP contribution is -2.43. The summed E-state index contributed by atoms with van der Waals surface area (Å²) in [5.74, 6) is 0. The molecule has 238 valence electrons. The van der Waals surface area contributed by atoms with Crippen LogP contribution in [-0.2, 0) is 10.8 Å². The van der Waals surface area contributed by atoms with E-state index < -0.39 is 0 Å². The molecule has 1 heteroatoms. The Balaban J connectivity index is 1.21. The predicted molar refractivity (Wildman–Crippen MR) is 209 cm³/mol. The molecular weight excluding hydrogens is 591 g/mol. The quantitative estimate of drug-likeness (QED) is 0.176. The minimum Gasteiger partial charge on any atom is -0.310 e. The molecule has 0 amide bonds. The summed E-state index contributed by atoms with van der Waals surface area (Å²) in [4.78, 5) is 2.37. The Morgan fingerprint density at radius 1 is 0.306 bits per heavy atom. The minimum atomic E-state index is -0.0430. The number of hydrogen-bond acceptors (Lipinski definition) is 1. The lowest BCUT2D eigenvalue weighted by atomic mass is 9.55. The topological polar surface area (TPSA) is 3.24 Å². The van der Waals surface area contributed by atoms with Crippen molar-refractivity contribution in [2.24, 2.45) is 0 Å². The number of para-hydroxylation sites is 1. The summed E-state index contributed by atoms with van der Waals surface area (Å²) < 4.78 is 0. The molecule has 8 rings (SSSR count). The van der Waals surface area contributed by atoms with E-state index in [2.05, 4.69) is 209 Å². The van der Waals surface area contributed by atoms with Crippen LogP contribution in [-0.4, -0.2) is 0 Å². The van der Waals surface area contributed by atoms with E-state index in [1.807, 2.05) is 0 Å². The summed E-state index contributed by atoms with van der Waals surface area (Å²) in [6.45, 7) is 9.60. The van der Waals surface area contributed by atoms with Gasteiger partial charge in [0.05, 0.1) is 0 Å². The highest BCUT2D eigenvalue weighted by Crippen LogP contribution is 2.54. The van der Waals surface area contributed by atoms with Gasteiger partial charge in [0.15, 0.2) is 0 Å². The average Bonchev–Trinajstić information content (AvgIpc) is 3.15. The number of nitrogens with zero attached hydrogens (tertiary/aromatic N) is 1. The van der Waals surface area contributed by atoms with Crippen LogP contribution >= 0.6 is 0 Å². The van der Waals surface area contributed by atoms with Gasteiger partial charge in [0.1, 0.15) is 0 Å². The van der Waals surface area contributed by atoms with E-state index in [-0.39, 0.29) is 10.8 Å². The molecule has 0 saturated carbocycles. The van der Waals surface area contributed by atoms with E-state index in [9.17, 15) is 0 Å². The number of benzene rings is 7. The van der Waals surface area contributed by atoms with Crippen molar-refractivity contribution < 1.29 is 0 Å². The number of anilines is 3. The molecule has 0 unspecified atom stereocenters. The largest absolute Gasteiger partial charge is 0.310 e. The smallest absolute Gasteiger partial charge is 0.0467 e. The van der Waals surface area contributed by atoms with E-state index in [0.29, 0.717) is 0 Å². The molecule has 0 atom stereocenters. The van der Waals surface area contributed by atoms with Crippen molar-refractivity contribution >= 4 is 17.1 Å². The van der Waals surface area contributed by atoms with Gasteiger partial charge in [-0.05, 0) is 115 Å². The first-order chi connectivity index (χ1) is 23.8. The first kappa shape index (κ1) is 30.7. The van der Waals surface area contributed by atoms with Crippen molar-refractivity contribution in [2.45, 2.75) is 38.5 Å². The number of fused-ring (bicyclic) bond motifs is 3. The Hall–Kier alpha value is -5.66. The van der Waals surface area contributed by atoms with Gasteiger partial charge >= 0.3 is 0 Å². The lowest BCUT2D eigenvalue weighted by Gasteiger charge is -2.48. The van der Waals surface area contributed by atoms with Crippen molar-refractivity contribution in [3.8, 4) is 44.5 Å². The fourth-order valence-corrected chi connectivity index (χ4v) is 7.59. The monoisotopic (exact) mass is 631 g/mol. The van der Waals surface area contributed by atoms with Crippen LogP contribution in [0.15, 0.2) is 176 Å². The van der Waals surface area contributed by atoms with Gasteiger partial charge < -0.3 is 4.90 Å². The predicted octanol–water partition coefficient (Wildman–Crippen LogP) is 13.4. The van der Waals surface area contributed by atoms with E-state index in [0.717, 1.165) is 17.1 Å². The summed E-state index contributed by atoms with van der Waals surface area (Å²) in [5.41, 5.74) is 16.1. The highest BCUT2D eigenvalue weighted by molar-refractivity contribution is 5.85. The van der Waals surface area contributed by atoms with Crippen LogP contribution in [0.1, 0.15) is 38.8 Å². The van der Waals surface area contributed by atoms with Crippen LogP contribution in [0, 0.1) is 0 Å². The van der Waals surface area contributed by atoms with Crippen molar-refractivity contribution in [3.63, 3.8) is 0 Å². The van der Waals surface area contributed by atoms with Crippen molar-refractivity contribution in [3.05, 3.63) is 187 Å². The highest BCUT2D eigenvalue weighted by atomic mass is 15.1. The van der Waals surface area contributed by atoms with Crippen LogP contribution in [0.2, 0.25) is 0 Å². The van der Waals surface area contributed by atoms with E-state index in [4.69, 9.17) is 0 Å². The van der Waals surface area contributed by atoms with Crippen molar-refractivity contribution in [2.75, 3.05) is 4.90 Å². The van der Waals surface area contributed by atoms with Gasteiger partial charge in [0.2, 0.25) is 0 Å². The maximum absolute atomic E-state index is 2.44. The van der Waals surface area contributed by atoms with Gasteiger partial charge in [0.25, 0.3) is 0 Å². The van der Waals surface area contributed by atoms with Gasteiger partial charge in [0, 0.05) is 17.1 Å². The lowest BCUT2D eigenvalue weighted by molar-refractivity contribution is 0.299. The van der Waals surface area contributed by atoms with Crippen LogP contribution < -0.4 is 4.90 Å². The molecule has 0 aromatic heterocycles. The molecule has 0 bridgehead atoms. The third-order valence-electron chi connectivity index (χ3n) is 11.0. The summed E-state index contributed by atoms with van der Waals surface area (Å²) in [5, 5.41) is 0. The summed E-state index contributed by atoms with van der Waals surface area (Å²) in [6.07, 6.45) is 0. The Bertz CT molecular complexity index is 2280. The Morgan fingerprint density at radius 3 is 1.39 bits per heavy atom. The second kappa shape index (κ2) is 12.1. The minimum absolute atomic E-state index is 0.00714. The molecule has 0 N–H and O–H groups in total. The van der Waals surface area contributed by atoms with Gasteiger partial charge in [-0.3, -0.25) is 0 Å². The second-order valence-corrected chi connectivity index (χ2v) is 14.3. The molecule has 0 radical (unpaired) electrons. The first-order valence-electron chi connectivity index (χ1n) is 17.3. The number of rotatable bonds is 6. The van der Waals surface area contributed by atoms with Crippen LogP contribution in [0.4, 0.5) is 17.1 Å². The summed E-state index contributed by atoms with van der Waals surface area (Å²) >= 11 is 0. The molecule has 7 aromatic carbocycles. The zero-order valence-electron chi connectivity index (χ0n) is 28.7. The number of hydrogen-bond donors (Lipinski definition) is 0. The van der Waals surface area contributed by atoms with Crippen molar-refractivity contribution in [1.29, 1.82) is 0 Å². The van der Waals surface area contributed by atoms with E-state index in [1.165, 1.54) is 55.6 Å². The Morgan fingerprint density at radius 2 is 0.735 bits per heavy atom. The van der Waals surface area contributed by atoms with Crippen LogP contribution in [0.3, 0.4) is 0 Å². The highest BCUT2D eigenvalue weighted by Gasteiger charge is 2.45. The normalized spacial score (nSPS) is 14.0. The molecule has 49 heavy (non-hydrogen) atoms. The van der Waals surface area contributed by atoms with E-state index >= 15 is 0 Å². The Kier molecular flexibility index (Phi) is 7.57. The fraction of sp³-hybridized carbons (Fsp3) is 0.125. The van der Waals surface area contributed by atoms with Crippen LogP contribution in [0.5, 0.6) is 0 Å². The molecule has 1 aliphatic carbocycles.